The summed E-state index contributed by atoms with van der Waals surface area (Å²) in [5.74, 6) is 0. The van der Waals surface area contributed by atoms with Gasteiger partial charge < -0.3 is 19.3 Å². The molecule has 2 heterocycles. The van der Waals surface area contributed by atoms with E-state index in [1.165, 1.54) is 0 Å². The lowest BCUT2D eigenvalue weighted by Crippen LogP contribution is -2.27. The van der Waals surface area contributed by atoms with Gasteiger partial charge >= 0.3 is 15.2 Å². The van der Waals surface area contributed by atoms with Crippen LogP contribution in [0.15, 0.2) is 73.0 Å². The number of fused-ring (bicyclic) bond motifs is 1. The Labute approximate surface area is 162 Å². The molecule has 2 aromatic rings. The molecule has 134 valence electrons. The van der Waals surface area contributed by atoms with Crippen LogP contribution in [0.25, 0.3) is 22.6 Å². The molecular weight excluding hydrogens is 353 g/mol. The van der Waals surface area contributed by atoms with Crippen molar-refractivity contribution in [2.75, 3.05) is 0 Å². The van der Waals surface area contributed by atoms with Crippen LogP contribution in [0.3, 0.4) is 0 Å². The lowest BCUT2D eigenvalue weighted by Gasteiger charge is -2.16. The fourth-order valence-electron chi connectivity index (χ4n) is 3.58. The van der Waals surface area contributed by atoms with E-state index in [9.17, 15) is 10.0 Å². The van der Waals surface area contributed by atoms with Gasteiger partial charge in [0.25, 0.3) is 0 Å². The molecule has 0 atom stereocenters. The summed E-state index contributed by atoms with van der Waals surface area (Å²) < 4.78 is 1.83. The quantitative estimate of drug-likeness (QED) is 0.604. The van der Waals surface area contributed by atoms with Crippen molar-refractivity contribution in [3.8, 4) is 0 Å². The van der Waals surface area contributed by atoms with Gasteiger partial charge in [0.1, 0.15) is 0 Å². The van der Waals surface area contributed by atoms with Crippen LogP contribution >= 0.6 is 8.86 Å². The van der Waals surface area contributed by atoms with Gasteiger partial charge in [-0.15, -0.1) is 0 Å². The maximum atomic E-state index is 9.97. The average molecular weight is 374 g/mol. The molecule has 0 saturated carbocycles. The summed E-state index contributed by atoms with van der Waals surface area (Å²) in [6.45, 7) is 9.87. The third-order valence-corrected chi connectivity index (χ3v) is 5.27. The molecule has 1 aromatic carbocycles. The fourth-order valence-corrected chi connectivity index (χ4v) is 3.98. The Hall–Kier alpha value is -2.52. The number of rotatable bonds is 6. The van der Waals surface area contributed by atoms with Crippen LogP contribution in [0.5, 0.6) is 0 Å². The van der Waals surface area contributed by atoms with Gasteiger partial charge in [-0.2, -0.15) is 0 Å². The van der Waals surface area contributed by atoms with Gasteiger partial charge in [0.2, 0.25) is 0 Å². The van der Waals surface area contributed by atoms with Crippen LogP contribution in [-0.4, -0.2) is 40.0 Å². The maximum absolute atomic E-state index is 9.97. The Morgan fingerprint density at radius 3 is 2.44 bits per heavy atom. The molecule has 1 aromatic heterocycles. The summed E-state index contributed by atoms with van der Waals surface area (Å²) in [6.07, 6.45) is 9.39. The van der Waals surface area contributed by atoms with E-state index in [0.29, 0.717) is 0 Å². The van der Waals surface area contributed by atoms with Gasteiger partial charge in [-0.3, -0.25) is 0 Å². The van der Waals surface area contributed by atoms with Gasteiger partial charge in [0.05, 0.1) is 5.42 Å². The summed E-state index contributed by atoms with van der Waals surface area (Å²) in [7, 11) is 3.35. The second-order valence-electron chi connectivity index (χ2n) is 6.04. The van der Waals surface area contributed by atoms with Crippen molar-refractivity contribution in [1.29, 1.82) is 0 Å². The molecule has 7 heteroatoms. The van der Waals surface area contributed by atoms with Crippen molar-refractivity contribution in [3.63, 3.8) is 0 Å². The normalized spacial score (nSPS) is 16.0. The fraction of sp³-hybridized carbons (Fsp3) is 0.0500. The summed E-state index contributed by atoms with van der Waals surface area (Å²) in [5.41, 5.74) is 6.10. The molecule has 0 spiro atoms. The monoisotopic (exact) mass is 374 g/mol. The van der Waals surface area contributed by atoms with Crippen molar-refractivity contribution >= 4 is 52.1 Å². The SMILES string of the molecule is C=CC1=C(c2c(C=C)n(BO)c3ccccc23)/C(=C/C=C\C)C(=P)N1BO. The smallest absolute Gasteiger partial charge is 0.399 e. The number of para-hydroxylation sites is 1. The molecular formula is C20H21B2N2O2P. The largest absolute Gasteiger partial charge is 0.435 e. The van der Waals surface area contributed by atoms with Crippen LogP contribution < -0.4 is 0 Å². The molecule has 0 bridgehead atoms. The second kappa shape index (κ2) is 8.01. The molecule has 3 rings (SSSR count). The third kappa shape index (κ3) is 2.96. The third-order valence-electron chi connectivity index (χ3n) is 4.73. The van der Waals surface area contributed by atoms with E-state index in [1.54, 1.807) is 17.0 Å². The van der Waals surface area contributed by atoms with Gasteiger partial charge in [0.15, 0.2) is 0 Å². The van der Waals surface area contributed by atoms with Crippen molar-refractivity contribution in [3.05, 3.63) is 84.3 Å². The van der Waals surface area contributed by atoms with E-state index in [1.807, 2.05) is 53.9 Å². The zero-order valence-corrected chi connectivity index (χ0v) is 16.3. The molecule has 0 aliphatic carbocycles. The Balaban J connectivity index is 2.47. The van der Waals surface area contributed by atoms with Crippen molar-refractivity contribution in [2.24, 2.45) is 0 Å². The Morgan fingerprint density at radius 2 is 1.85 bits per heavy atom. The number of benzene rings is 1. The molecule has 0 radical (unpaired) electrons. The first-order chi connectivity index (χ1) is 13.1. The zero-order valence-electron chi connectivity index (χ0n) is 15.3. The molecule has 0 saturated heterocycles. The molecule has 0 amide bonds. The molecule has 1 aliphatic heterocycles. The minimum atomic E-state index is -0.182. The molecule has 0 fully saturated rings. The maximum Gasteiger partial charge on any atom is 0.399 e. The lowest BCUT2D eigenvalue weighted by atomic mass is 9.94. The minimum Gasteiger partial charge on any atom is -0.435 e. The average Bonchev–Trinajstić information content (AvgIpc) is 3.16. The first kappa shape index (κ1) is 19.2. The van der Waals surface area contributed by atoms with Gasteiger partial charge in [-0.25, -0.2) is 0 Å². The number of hydrogen-bond acceptors (Lipinski definition) is 2. The van der Waals surface area contributed by atoms with Crippen LogP contribution in [0.2, 0.25) is 0 Å². The Morgan fingerprint density at radius 1 is 1.11 bits per heavy atom. The molecule has 1 aliphatic rings. The zero-order chi connectivity index (χ0) is 19.6. The topological polar surface area (TPSA) is 48.6 Å². The molecule has 2 N–H and O–H groups in total. The first-order valence-electron chi connectivity index (χ1n) is 8.66. The second-order valence-corrected chi connectivity index (χ2v) is 6.51. The Kier molecular flexibility index (Phi) is 5.71. The minimum absolute atomic E-state index is 0.152. The highest BCUT2D eigenvalue weighted by Crippen LogP contribution is 2.43. The highest BCUT2D eigenvalue weighted by atomic mass is 31.0. The highest BCUT2D eigenvalue weighted by molar-refractivity contribution is 7.22. The van der Waals surface area contributed by atoms with Gasteiger partial charge in [-0.05, 0) is 25.1 Å². The number of allylic oxidation sites excluding steroid dienone is 4. The van der Waals surface area contributed by atoms with Crippen LogP contribution in [0.4, 0.5) is 0 Å². The summed E-state index contributed by atoms with van der Waals surface area (Å²) >= 11 is 0. The number of aromatic nitrogens is 1. The van der Waals surface area contributed by atoms with E-state index in [-0.39, 0.29) is 15.2 Å². The van der Waals surface area contributed by atoms with Crippen LogP contribution in [0.1, 0.15) is 18.2 Å². The van der Waals surface area contributed by atoms with E-state index >= 15 is 0 Å². The van der Waals surface area contributed by atoms with Gasteiger partial charge in [0, 0.05) is 39.0 Å². The molecule has 4 nitrogen and oxygen atoms in total. The number of hydrogen-bond donors (Lipinski definition) is 2. The lowest BCUT2D eigenvalue weighted by molar-refractivity contribution is 0.550. The number of nitrogens with zero attached hydrogens (tertiary/aromatic N) is 2. The predicted molar refractivity (Wildman–Crippen MR) is 121 cm³/mol. The van der Waals surface area contributed by atoms with Crippen molar-refractivity contribution in [2.45, 2.75) is 6.92 Å². The Bertz CT molecular complexity index is 1030. The van der Waals surface area contributed by atoms with Gasteiger partial charge in [-0.1, -0.05) is 58.4 Å². The van der Waals surface area contributed by atoms with E-state index in [4.69, 9.17) is 0 Å². The molecule has 0 unspecified atom stereocenters. The van der Waals surface area contributed by atoms with E-state index < -0.39 is 0 Å². The molecule has 27 heavy (non-hydrogen) atoms. The summed E-state index contributed by atoms with van der Waals surface area (Å²) in [6, 6.07) is 7.92. The summed E-state index contributed by atoms with van der Waals surface area (Å²) in [5, 5.41) is 20.9. The first-order valence-corrected chi connectivity index (χ1v) is 9.16. The predicted octanol–water partition coefficient (Wildman–Crippen LogP) is 2.64. The van der Waals surface area contributed by atoms with Crippen molar-refractivity contribution in [1.82, 2.24) is 9.29 Å². The highest BCUT2D eigenvalue weighted by Gasteiger charge is 2.33. The summed E-state index contributed by atoms with van der Waals surface area (Å²) in [4.78, 5) is 1.76. The van der Waals surface area contributed by atoms with Crippen LogP contribution in [-0.2, 0) is 0 Å². The van der Waals surface area contributed by atoms with Crippen LogP contribution in [0, 0.1) is 0 Å². The van der Waals surface area contributed by atoms with E-state index in [2.05, 4.69) is 22.0 Å². The van der Waals surface area contributed by atoms with E-state index in [0.717, 1.165) is 44.4 Å². The standard InChI is InChI=1S/C20H21B2N2O2P/c1-4-7-10-14-19(16(6-3)24(22-26)20(14)27)18-13-11-8-9-12-17(13)23(21-25)15(18)5-2/h4-12,21-22,25-27H,2-3H2,1H3/b7-4-,14-10-. The van der Waals surface area contributed by atoms with Crippen molar-refractivity contribution < 1.29 is 10.0 Å².